The van der Waals surface area contributed by atoms with E-state index in [0.29, 0.717) is 13.0 Å². The smallest absolute Gasteiger partial charge is 0.314 e. The molecular formula is C12H22N2O3. The van der Waals surface area contributed by atoms with Crippen LogP contribution in [0, 0.1) is 11.8 Å². The molecule has 1 fully saturated rings. The molecule has 0 aromatic carbocycles. The van der Waals surface area contributed by atoms with Crippen LogP contribution < -0.4 is 10.6 Å². The minimum Gasteiger partial charge on any atom is -0.481 e. The molecule has 1 aliphatic carbocycles. The van der Waals surface area contributed by atoms with Crippen molar-refractivity contribution in [1.82, 2.24) is 10.6 Å². The number of hydrogen-bond donors (Lipinski definition) is 3. The summed E-state index contributed by atoms with van der Waals surface area (Å²) in [6, 6.07) is -0.256. The average Bonchev–Trinajstić information content (AvgIpc) is 3.07. The van der Waals surface area contributed by atoms with Crippen LogP contribution in [0.5, 0.6) is 0 Å². The van der Waals surface area contributed by atoms with Crippen molar-refractivity contribution in [3.8, 4) is 0 Å². The molecule has 1 rings (SSSR count). The molecule has 1 atom stereocenters. The lowest BCUT2D eigenvalue weighted by Gasteiger charge is -2.12. The number of carbonyl (C=O) groups excluding carboxylic acids is 1. The van der Waals surface area contributed by atoms with Gasteiger partial charge in [-0.1, -0.05) is 26.2 Å². The molecule has 5 heteroatoms. The van der Waals surface area contributed by atoms with Crippen LogP contribution >= 0.6 is 0 Å². The zero-order chi connectivity index (χ0) is 12.7. The minimum atomic E-state index is -0.842. The zero-order valence-electron chi connectivity index (χ0n) is 10.4. The van der Waals surface area contributed by atoms with E-state index >= 15 is 0 Å². The number of aliphatic carboxylic acids is 1. The Kier molecular flexibility index (Phi) is 5.80. The van der Waals surface area contributed by atoms with E-state index in [-0.39, 0.29) is 12.6 Å². The molecular weight excluding hydrogens is 220 g/mol. The summed E-state index contributed by atoms with van der Waals surface area (Å²) in [6.07, 6.45) is 4.99. The average molecular weight is 242 g/mol. The molecule has 1 aliphatic rings. The fourth-order valence-electron chi connectivity index (χ4n) is 1.74. The van der Waals surface area contributed by atoms with E-state index in [9.17, 15) is 9.59 Å². The van der Waals surface area contributed by atoms with E-state index in [1.54, 1.807) is 0 Å². The second kappa shape index (κ2) is 7.14. The van der Waals surface area contributed by atoms with E-state index < -0.39 is 11.9 Å². The van der Waals surface area contributed by atoms with E-state index in [1.165, 1.54) is 12.8 Å². The van der Waals surface area contributed by atoms with E-state index in [2.05, 4.69) is 10.6 Å². The molecule has 1 unspecified atom stereocenters. The first-order chi connectivity index (χ1) is 8.13. The normalized spacial score (nSPS) is 16.3. The maximum atomic E-state index is 11.4. The van der Waals surface area contributed by atoms with Gasteiger partial charge in [0.15, 0.2) is 0 Å². The fourth-order valence-corrected chi connectivity index (χ4v) is 1.74. The Balaban J connectivity index is 2.08. The first-order valence-electron chi connectivity index (χ1n) is 6.38. The molecule has 5 nitrogen and oxygen atoms in total. The van der Waals surface area contributed by atoms with Gasteiger partial charge in [0.25, 0.3) is 0 Å². The highest BCUT2D eigenvalue weighted by atomic mass is 16.4. The predicted octanol–water partition coefficient (Wildman–Crippen LogP) is 1.59. The molecule has 2 amide bonds. The van der Waals surface area contributed by atoms with Gasteiger partial charge in [-0.2, -0.15) is 0 Å². The Morgan fingerprint density at radius 2 is 2.06 bits per heavy atom. The summed E-state index contributed by atoms with van der Waals surface area (Å²) in [5.74, 6) is -0.526. The Bertz CT molecular complexity index is 264. The highest BCUT2D eigenvalue weighted by molar-refractivity contribution is 5.75. The molecule has 0 heterocycles. The molecule has 0 bridgehead atoms. The first-order valence-corrected chi connectivity index (χ1v) is 6.38. The van der Waals surface area contributed by atoms with Gasteiger partial charge < -0.3 is 15.7 Å². The summed E-state index contributed by atoms with van der Waals surface area (Å²) in [5, 5.41) is 14.3. The number of carboxylic acids is 1. The molecule has 0 aromatic heterocycles. The molecule has 0 saturated heterocycles. The standard InChI is InChI=1S/C12H22N2O3/c1-2-3-10(11(15)16)8-14-12(17)13-7-6-9-4-5-9/h9-10H,2-8H2,1H3,(H,15,16)(H2,13,14,17). The lowest BCUT2D eigenvalue weighted by atomic mass is 10.0. The SMILES string of the molecule is CCCC(CNC(=O)NCCC1CC1)C(=O)O. The number of carboxylic acid groups (broad SMARTS) is 1. The third-order valence-electron chi connectivity index (χ3n) is 3.03. The van der Waals surface area contributed by atoms with Crippen LogP contribution in [0.4, 0.5) is 4.79 Å². The van der Waals surface area contributed by atoms with Crippen LogP contribution in [0.3, 0.4) is 0 Å². The number of carbonyl (C=O) groups is 2. The van der Waals surface area contributed by atoms with Crippen LogP contribution in [-0.2, 0) is 4.79 Å². The first kappa shape index (κ1) is 13.8. The van der Waals surface area contributed by atoms with Gasteiger partial charge in [-0.05, 0) is 18.8 Å². The van der Waals surface area contributed by atoms with Crippen molar-refractivity contribution in [2.45, 2.75) is 39.0 Å². The third-order valence-corrected chi connectivity index (χ3v) is 3.03. The summed E-state index contributed by atoms with van der Waals surface area (Å²) in [4.78, 5) is 22.2. The van der Waals surface area contributed by atoms with Gasteiger partial charge in [0, 0.05) is 13.1 Å². The van der Waals surface area contributed by atoms with Crippen LogP contribution in [0.25, 0.3) is 0 Å². The van der Waals surface area contributed by atoms with Gasteiger partial charge in [-0.15, -0.1) is 0 Å². The van der Waals surface area contributed by atoms with Gasteiger partial charge in [-0.3, -0.25) is 4.79 Å². The monoisotopic (exact) mass is 242 g/mol. The van der Waals surface area contributed by atoms with Crippen molar-refractivity contribution in [3.05, 3.63) is 0 Å². The minimum absolute atomic E-state index is 0.207. The molecule has 17 heavy (non-hydrogen) atoms. The van der Waals surface area contributed by atoms with E-state index in [1.807, 2.05) is 6.92 Å². The van der Waals surface area contributed by atoms with Gasteiger partial charge in [0.05, 0.1) is 5.92 Å². The summed E-state index contributed by atoms with van der Waals surface area (Å²) in [6.45, 7) is 2.83. The number of hydrogen-bond acceptors (Lipinski definition) is 2. The number of nitrogens with one attached hydrogen (secondary N) is 2. The Hall–Kier alpha value is -1.26. The lowest BCUT2D eigenvalue weighted by Crippen LogP contribution is -2.40. The largest absolute Gasteiger partial charge is 0.481 e. The van der Waals surface area contributed by atoms with Gasteiger partial charge in [0.1, 0.15) is 0 Å². The Morgan fingerprint density at radius 1 is 1.35 bits per heavy atom. The number of amides is 2. The highest BCUT2D eigenvalue weighted by Gasteiger charge is 2.21. The second-order valence-corrected chi connectivity index (χ2v) is 4.69. The van der Waals surface area contributed by atoms with Gasteiger partial charge in [0.2, 0.25) is 0 Å². The molecule has 3 N–H and O–H groups in total. The van der Waals surface area contributed by atoms with Gasteiger partial charge in [-0.25, -0.2) is 4.79 Å². The van der Waals surface area contributed by atoms with Crippen molar-refractivity contribution >= 4 is 12.0 Å². The predicted molar refractivity (Wildman–Crippen MR) is 64.8 cm³/mol. The lowest BCUT2D eigenvalue weighted by molar-refractivity contribution is -0.141. The summed E-state index contributed by atoms with van der Waals surface area (Å²) in [5.41, 5.74) is 0. The maximum absolute atomic E-state index is 11.4. The molecule has 0 radical (unpaired) electrons. The van der Waals surface area contributed by atoms with Gasteiger partial charge >= 0.3 is 12.0 Å². The Morgan fingerprint density at radius 3 is 2.59 bits per heavy atom. The maximum Gasteiger partial charge on any atom is 0.314 e. The fraction of sp³-hybridized carbons (Fsp3) is 0.833. The van der Waals surface area contributed by atoms with E-state index in [4.69, 9.17) is 5.11 Å². The Labute approximate surface area is 102 Å². The molecule has 1 saturated carbocycles. The van der Waals surface area contributed by atoms with Crippen LogP contribution in [0.15, 0.2) is 0 Å². The quantitative estimate of drug-likeness (QED) is 0.604. The number of urea groups is 1. The summed E-state index contributed by atoms with van der Waals surface area (Å²) < 4.78 is 0. The third kappa shape index (κ3) is 6.14. The van der Waals surface area contributed by atoms with Crippen LogP contribution in [0.1, 0.15) is 39.0 Å². The molecule has 0 aromatic rings. The van der Waals surface area contributed by atoms with Crippen molar-refractivity contribution in [3.63, 3.8) is 0 Å². The summed E-state index contributed by atoms with van der Waals surface area (Å²) >= 11 is 0. The van der Waals surface area contributed by atoms with E-state index in [0.717, 1.165) is 18.8 Å². The van der Waals surface area contributed by atoms with Crippen molar-refractivity contribution in [2.75, 3.05) is 13.1 Å². The van der Waals surface area contributed by atoms with Crippen molar-refractivity contribution in [1.29, 1.82) is 0 Å². The molecule has 0 spiro atoms. The van der Waals surface area contributed by atoms with Crippen molar-refractivity contribution in [2.24, 2.45) is 11.8 Å². The number of rotatable bonds is 8. The summed E-state index contributed by atoms with van der Waals surface area (Å²) in [7, 11) is 0. The zero-order valence-corrected chi connectivity index (χ0v) is 10.4. The molecule has 0 aliphatic heterocycles. The highest BCUT2D eigenvalue weighted by Crippen LogP contribution is 2.31. The van der Waals surface area contributed by atoms with Crippen LogP contribution in [-0.4, -0.2) is 30.2 Å². The van der Waals surface area contributed by atoms with Crippen LogP contribution in [0.2, 0.25) is 0 Å². The molecule has 98 valence electrons. The van der Waals surface area contributed by atoms with Crippen molar-refractivity contribution < 1.29 is 14.7 Å². The topological polar surface area (TPSA) is 78.4 Å². The second-order valence-electron chi connectivity index (χ2n) is 4.69.